The third-order valence-electron chi connectivity index (χ3n) is 13.4. The van der Waals surface area contributed by atoms with E-state index in [2.05, 4.69) is 51.5 Å². The topological polar surface area (TPSA) is 192 Å². The number of ether oxygens (including phenoxy) is 1. The number of piperidine rings is 3. The molecule has 4 aliphatic heterocycles. The fourth-order valence-corrected chi connectivity index (χ4v) is 9.26. The maximum absolute atomic E-state index is 14.5. The lowest BCUT2D eigenvalue weighted by Gasteiger charge is -2.41. The number of nitrogens with zero attached hydrogens (tertiary/aromatic N) is 7. The molecular formula is C45H54N10O6. The second-order valence-electron chi connectivity index (χ2n) is 17.8. The summed E-state index contributed by atoms with van der Waals surface area (Å²) >= 11 is 0. The van der Waals surface area contributed by atoms with Crippen LogP contribution in [-0.4, -0.2) is 128 Å². The average Bonchev–Trinajstić information content (AvgIpc) is 3.24. The molecule has 4 saturated heterocycles. The van der Waals surface area contributed by atoms with Crippen LogP contribution in [0.4, 0.5) is 11.4 Å². The summed E-state index contributed by atoms with van der Waals surface area (Å²) in [5.74, 6) is -0.443. The molecule has 4 fully saturated rings. The fourth-order valence-electron chi connectivity index (χ4n) is 9.26. The molecule has 0 atom stereocenters. The Labute approximate surface area is 354 Å². The number of likely N-dealkylation sites (tertiary alicyclic amines) is 2. The zero-order valence-corrected chi connectivity index (χ0v) is 35.6. The molecule has 0 saturated carbocycles. The van der Waals surface area contributed by atoms with Gasteiger partial charge in [-0.2, -0.15) is 10.5 Å². The fraction of sp³-hybridized carbons (Fsp3) is 0.511. The van der Waals surface area contributed by atoms with Gasteiger partial charge in [-0.05, 0) is 103 Å². The normalized spacial score (nSPS) is 19.9. The van der Waals surface area contributed by atoms with Crippen LogP contribution in [0.15, 0.2) is 46.0 Å². The molecule has 16 heteroatoms. The summed E-state index contributed by atoms with van der Waals surface area (Å²) in [6.45, 7) is 9.09. The lowest BCUT2D eigenvalue weighted by atomic mass is 9.92. The molecular weight excluding hydrogens is 777 g/mol. The average molecular weight is 831 g/mol. The number of nitriles is 2. The molecule has 0 radical (unpaired) electrons. The number of rotatable bonds is 9. The summed E-state index contributed by atoms with van der Waals surface area (Å²) in [4.78, 5) is 72.6. The number of carbonyl (C=O) groups is 2. The smallest absolute Gasteiger partial charge is 0.303 e. The molecule has 6 heterocycles. The first-order valence-electron chi connectivity index (χ1n) is 21.2. The van der Waals surface area contributed by atoms with Crippen molar-refractivity contribution in [3.63, 3.8) is 0 Å². The lowest BCUT2D eigenvalue weighted by Crippen LogP contribution is -2.57. The van der Waals surface area contributed by atoms with Crippen LogP contribution in [0.5, 0.6) is 0 Å². The van der Waals surface area contributed by atoms with Crippen molar-refractivity contribution in [1.82, 2.24) is 30.1 Å². The Morgan fingerprint density at radius 2 is 1.28 bits per heavy atom. The quantitative estimate of drug-likeness (QED) is 0.224. The first-order valence-corrected chi connectivity index (χ1v) is 21.2. The number of hydrogen-bond donors (Lipinski definition) is 3. The number of amides is 2. The molecule has 4 aliphatic rings. The van der Waals surface area contributed by atoms with Gasteiger partial charge in [0, 0.05) is 87.2 Å². The van der Waals surface area contributed by atoms with Gasteiger partial charge in [-0.15, -0.1) is 4.73 Å². The minimum Gasteiger partial charge on any atom is -0.404 e. The van der Waals surface area contributed by atoms with Gasteiger partial charge in [-0.25, -0.2) is 0 Å². The Morgan fingerprint density at radius 1 is 0.738 bits per heavy atom. The van der Waals surface area contributed by atoms with E-state index >= 15 is 0 Å². The van der Waals surface area contributed by atoms with Gasteiger partial charge in [0.15, 0.2) is 0 Å². The van der Waals surface area contributed by atoms with Gasteiger partial charge in [0.05, 0.1) is 34.1 Å². The third-order valence-corrected chi connectivity index (χ3v) is 13.4. The Balaban J connectivity index is 1.11. The van der Waals surface area contributed by atoms with Crippen molar-refractivity contribution in [1.29, 1.82) is 10.5 Å². The van der Waals surface area contributed by atoms with Gasteiger partial charge in [0.25, 0.3) is 17.4 Å². The monoisotopic (exact) mass is 830 g/mol. The Bertz CT molecular complexity index is 2580. The molecule has 3 N–H and O–H groups in total. The second-order valence-corrected chi connectivity index (χ2v) is 17.8. The maximum Gasteiger partial charge on any atom is 0.303 e. The molecule has 2 amide bonds. The predicted octanol–water partition coefficient (Wildman–Crippen LogP) is 2.95. The van der Waals surface area contributed by atoms with Crippen LogP contribution in [0.1, 0.15) is 84.2 Å². The number of methoxy groups -OCH3 is 1. The molecule has 2 aromatic heterocycles. The summed E-state index contributed by atoms with van der Waals surface area (Å²) in [5.41, 5.74) is 0.225. The number of fused-ring (bicyclic) bond motifs is 2. The highest BCUT2D eigenvalue weighted by molar-refractivity contribution is 6.03. The van der Waals surface area contributed by atoms with Crippen LogP contribution < -0.4 is 36.4 Å². The highest BCUT2D eigenvalue weighted by Crippen LogP contribution is 2.37. The lowest BCUT2D eigenvalue weighted by molar-refractivity contribution is -0.0551. The van der Waals surface area contributed by atoms with Crippen LogP contribution in [0, 0.1) is 22.7 Å². The highest BCUT2D eigenvalue weighted by atomic mass is 16.7. The first-order chi connectivity index (χ1) is 29.2. The maximum atomic E-state index is 14.5. The number of likely N-dealkylation sites (N-methyl/N-ethyl adjacent to an activating group) is 1. The summed E-state index contributed by atoms with van der Waals surface area (Å²) < 4.78 is 7.01. The summed E-state index contributed by atoms with van der Waals surface area (Å²) in [5, 5.41) is 28.3. The number of pyridine rings is 2. The minimum atomic E-state index is -0.915. The molecule has 16 nitrogen and oxygen atoms in total. The van der Waals surface area contributed by atoms with Crippen molar-refractivity contribution in [2.75, 3.05) is 83.4 Å². The molecule has 2 aromatic carbocycles. The van der Waals surface area contributed by atoms with Crippen molar-refractivity contribution in [2.45, 2.75) is 75.7 Å². The van der Waals surface area contributed by atoms with E-state index in [4.69, 9.17) is 9.57 Å². The van der Waals surface area contributed by atoms with Crippen molar-refractivity contribution in [3.05, 3.63) is 79.4 Å². The van der Waals surface area contributed by atoms with Gasteiger partial charge in [0.2, 0.25) is 0 Å². The summed E-state index contributed by atoms with van der Waals surface area (Å²) in [6, 6.07) is 14.7. The van der Waals surface area contributed by atoms with Gasteiger partial charge < -0.3 is 44.8 Å². The van der Waals surface area contributed by atoms with Crippen LogP contribution in [-0.2, 0) is 4.74 Å². The molecule has 0 aliphatic carbocycles. The third kappa shape index (κ3) is 8.15. The zero-order valence-electron chi connectivity index (χ0n) is 35.6. The second kappa shape index (κ2) is 16.5. The molecule has 4 aromatic rings. The number of anilines is 2. The number of aromatic nitrogens is 2. The van der Waals surface area contributed by atoms with E-state index in [0.29, 0.717) is 96.2 Å². The zero-order chi connectivity index (χ0) is 43.2. The van der Waals surface area contributed by atoms with Gasteiger partial charge in [-0.1, -0.05) is 0 Å². The SMILES string of the molecule is COC1(C)CCN(c2c(C#N)c(=O)n(OC3(C)CCN(c4c(C#N)c(=O)[nH]c5ccc(C(=O)NC6CN(C)C6)cc45)CC3)c3ccc(C(=O)NC4CCN(C)CC4)cc23)CC1. The number of carbonyl (C=O) groups excluding carboxylic acids is 2. The van der Waals surface area contributed by atoms with Gasteiger partial charge in [-0.3, -0.25) is 19.2 Å². The molecule has 61 heavy (non-hydrogen) atoms. The molecule has 0 spiro atoms. The first kappa shape index (κ1) is 41.8. The Kier molecular flexibility index (Phi) is 11.3. The van der Waals surface area contributed by atoms with E-state index in [1.165, 1.54) is 4.73 Å². The number of benzene rings is 2. The van der Waals surface area contributed by atoms with E-state index in [9.17, 15) is 29.7 Å². The van der Waals surface area contributed by atoms with E-state index in [1.807, 2.05) is 23.8 Å². The van der Waals surface area contributed by atoms with Crippen molar-refractivity contribution < 1.29 is 19.2 Å². The van der Waals surface area contributed by atoms with E-state index in [-0.39, 0.29) is 40.6 Å². The number of H-pyrrole nitrogens is 1. The standard InChI is InChI=1S/C45H54N10O6/c1-44(60-5)12-18-54(19-13-44)39-33-23-29(40(56)48-30-10-16-51(3)17-11-30)7-9-37(33)55(43(59)35(39)25-47)61-45(2)14-20-53(21-15-45)38-32-22-28(41(57)49-31-26-52(4)27-31)6-8-36(32)50-42(58)34(38)24-46/h6-9,22-23,30-31H,10-21,26-27H2,1-5H3,(H,48,56)(H,49,57)(H,50,58). The van der Waals surface area contributed by atoms with E-state index < -0.39 is 16.7 Å². The van der Waals surface area contributed by atoms with Crippen molar-refractivity contribution >= 4 is 45.0 Å². The Morgan fingerprint density at radius 3 is 1.85 bits per heavy atom. The van der Waals surface area contributed by atoms with E-state index in [1.54, 1.807) is 43.5 Å². The van der Waals surface area contributed by atoms with Crippen LogP contribution in [0.2, 0.25) is 0 Å². The van der Waals surface area contributed by atoms with Crippen LogP contribution in [0.25, 0.3) is 21.8 Å². The summed E-state index contributed by atoms with van der Waals surface area (Å²) in [7, 11) is 5.76. The molecule has 0 unspecified atom stereocenters. The Hall–Kier alpha value is -5.94. The van der Waals surface area contributed by atoms with Gasteiger partial charge >= 0.3 is 5.56 Å². The summed E-state index contributed by atoms with van der Waals surface area (Å²) in [6.07, 6.45) is 3.84. The number of aromatic amines is 1. The molecule has 8 rings (SSSR count). The highest BCUT2D eigenvalue weighted by Gasteiger charge is 2.38. The molecule has 320 valence electrons. The minimum absolute atomic E-state index is 0.0444. The number of hydrogen-bond acceptors (Lipinski definition) is 12. The molecule has 0 bridgehead atoms. The van der Waals surface area contributed by atoms with Crippen molar-refractivity contribution in [2.24, 2.45) is 0 Å². The van der Waals surface area contributed by atoms with Crippen LogP contribution in [0.3, 0.4) is 0 Å². The van der Waals surface area contributed by atoms with E-state index in [0.717, 1.165) is 39.0 Å². The predicted molar refractivity (Wildman–Crippen MR) is 232 cm³/mol. The number of nitrogens with one attached hydrogen (secondary N) is 3. The largest absolute Gasteiger partial charge is 0.404 e. The van der Waals surface area contributed by atoms with Gasteiger partial charge in [0.1, 0.15) is 28.9 Å². The van der Waals surface area contributed by atoms with Crippen LogP contribution >= 0.6 is 0 Å². The van der Waals surface area contributed by atoms with Crippen molar-refractivity contribution in [3.8, 4) is 12.1 Å².